The third kappa shape index (κ3) is 8.19. The van der Waals surface area contributed by atoms with Gasteiger partial charge in [0.05, 0.1) is 22.6 Å². The molecule has 2 amide bonds. The molecule has 0 saturated carbocycles. The van der Waals surface area contributed by atoms with E-state index in [0.717, 1.165) is 10.4 Å². The lowest BCUT2D eigenvalue weighted by Crippen LogP contribution is -2.51. The molecular weight excluding hydrogens is 631 g/mol. The summed E-state index contributed by atoms with van der Waals surface area (Å²) >= 11 is 12.6. The van der Waals surface area contributed by atoms with Crippen molar-refractivity contribution in [2.45, 2.75) is 45.2 Å². The highest BCUT2D eigenvalue weighted by atomic mass is 35.5. The highest BCUT2D eigenvalue weighted by molar-refractivity contribution is 7.92. The minimum Gasteiger partial charge on any atom is -0.495 e. The molecule has 0 radical (unpaired) electrons. The van der Waals surface area contributed by atoms with Crippen LogP contribution in [0.25, 0.3) is 0 Å². The predicted molar refractivity (Wildman–Crippen MR) is 170 cm³/mol. The summed E-state index contributed by atoms with van der Waals surface area (Å²) in [6.45, 7) is 6.32. The van der Waals surface area contributed by atoms with Gasteiger partial charge in [-0.1, -0.05) is 61.3 Å². The van der Waals surface area contributed by atoms with Gasteiger partial charge in [0.1, 0.15) is 18.3 Å². The standard InChI is InChI=1S/C30H34Cl2N4O7S/c1-19(2)16-33-30(38)21(4)34(17-22-8-6-7-9-25(22)32)29(37)18-35(27-14-23(31)11-13-28(27)43-5)44(41,42)24-12-10-20(3)26(15-24)36(39)40/h6-15,19,21H,16-18H2,1-5H3,(H,33,38)/t21-/m1/s1. The molecule has 1 atom stereocenters. The summed E-state index contributed by atoms with van der Waals surface area (Å²) in [4.78, 5) is 39.0. The number of benzene rings is 3. The third-order valence-corrected chi connectivity index (χ3v) is 9.16. The smallest absolute Gasteiger partial charge is 0.273 e. The molecule has 0 saturated heterocycles. The van der Waals surface area contributed by atoms with Crippen LogP contribution in [0.3, 0.4) is 0 Å². The van der Waals surface area contributed by atoms with E-state index >= 15 is 0 Å². The second-order valence-corrected chi connectivity index (χ2v) is 13.2. The number of hydrogen-bond donors (Lipinski definition) is 1. The second-order valence-electron chi connectivity index (χ2n) is 10.5. The monoisotopic (exact) mass is 664 g/mol. The van der Waals surface area contributed by atoms with Gasteiger partial charge >= 0.3 is 0 Å². The summed E-state index contributed by atoms with van der Waals surface area (Å²) in [5.74, 6) is -0.964. The zero-order valence-electron chi connectivity index (χ0n) is 24.9. The maximum atomic E-state index is 14.2. The number of ether oxygens (including phenoxy) is 1. The van der Waals surface area contributed by atoms with Crippen molar-refractivity contribution in [2.75, 3.05) is 24.5 Å². The van der Waals surface area contributed by atoms with Crippen molar-refractivity contribution in [1.29, 1.82) is 0 Å². The largest absolute Gasteiger partial charge is 0.495 e. The summed E-state index contributed by atoms with van der Waals surface area (Å²) in [5, 5.41) is 15.0. The Morgan fingerprint density at radius 2 is 1.73 bits per heavy atom. The number of amides is 2. The molecule has 0 aliphatic rings. The number of nitro benzene ring substituents is 1. The highest BCUT2D eigenvalue weighted by Crippen LogP contribution is 2.36. The first-order chi connectivity index (χ1) is 20.7. The Kier molecular flexibility index (Phi) is 11.6. The lowest BCUT2D eigenvalue weighted by atomic mass is 10.1. The molecule has 0 aliphatic carbocycles. The van der Waals surface area contributed by atoms with Crippen LogP contribution < -0.4 is 14.4 Å². The number of anilines is 1. The summed E-state index contributed by atoms with van der Waals surface area (Å²) in [5.41, 5.74) is 0.302. The van der Waals surface area contributed by atoms with Gasteiger partial charge in [0.15, 0.2) is 0 Å². The lowest BCUT2D eigenvalue weighted by Gasteiger charge is -2.32. The fraction of sp³-hybridized carbons (Fsp3) is 0.333. The molecule has 0 fully saturated rings. The van der Waals surface area contributed by atoms with Crippen LogP contribution in [0, 0.1) is 23.0 Å². The number of nitro groups is 1. The van der Waals surface area contributed by atoms with E-state index in [4.69, 9.17) is 27.9 Å². The molecule has 0 heterocycles. The topological polar surface area (TPSA) is 139 Å². The first kappa shape index (κ1) is 34.6. The molecule has 0 aromatic heterocycles. The zero-order valence-corrected chi connectivity index (χ0v) is 27.2. The first-order valence-corrected chi connectivity index (χ1v) is 15.8. The van der Waals surface area contributed by atoms with Crippen molar-refractivity contribution >= 4 is 56.4 Å². The van der Waals surface area contributed by atoms with Gasteiger partial charge in [0.2, 0.25) is 11.8 Å². The molecule has 44 heavy (non-hydrogen) atoms. The van der Waals surface area contributed by atoms with Crippen LogP contribution in [0.1, 0.15) is 31.9 Å². The van der Waals surface area contributed by atoms with Crippen molar-refractivity contribution in [1.82, 2.24) is 10.2 Å². The molecule has 3 aromatic carbocycles. The average molecular weight is 666 g/mol. The number of methoxy groups -OCH3 is 1. The minimum atomic E-state index is -4.64. The molecule has 0 spiro atoms. The fourth-order valence-electron chi connectivity index (χ4n) is 4.29. The van der Waals surface area contributed by atoms with Crippen LogP contribution in [0.2, 0.25) is 10.0 Å². The van der Waals surface area contributed by atoms with Gasteiger partial charge in [-0.05, 0) is 55.7 Å². The van der Waals surface area contributed by atoms with Crippen molar-refractivity contribution in [3.63, 3.8) is 0 Å². The van der Waals surface area contributed by atoms with E-state index in [0.29, 0.717) is 17.1 Å². The average Bonchev–Trinajstić information content (AvgIpc) is 2.97. The third-order valence-electron chi connectivity index (χ3n) is 6.80. The Morgan fingerprint density at radius 3 is 2.34 bits per heavy atom. The van der Waals surface area contributed by atoms with Crippen LogP contribution in [0.5, 0.6) is 5.75 Å². The van der Waals surface area contributed by atoms with Gasteiger partial charge in [-0.2, -0.15) is 0 Å². The Hall–Kier alpha value is -3.87. The quantitative estimate of drug-likeness (QED) is 0.185. The molecular formula is C30H34Cl2N4O7S. The number of halogens is 2. The van der Waals surface area contributed by atoms with Crippen LogP contribution in [0.15, 0.2) is 65.6 Å². The van der Waals surface area contributed by atoms with Crippen molar-refractivity contribution in [3.8, 4) is 5.75 Å². The first-order valence-electron chi connectivity index (χ1n) is 13.6. The summed E-state index contributed by atoms with van der Waals surface area (Å²) in [7, 11) is -3.32. The van der Waals surface area contributed by atoms with Crippen LogP contribution in [-0.2, 0) is 26.2 Å². The lowest BCUT2D eigenvalue weighted by molar-refractivity contribution is -0.385. The molecule has 14 heteroatoms. The van der Waals surface area contributed by atoms with E-state index in [1.54, 1.807) is 24.3 Å². The Bertz CT molecular complexity index is 1650. The van der Waals surface area contributed by atoms with E-state index in [2.05, 4.69) is 5.32 Å². The summed E-state index contributed by atoms with van der Waals surface area (Å²) < 4.78 is 34.5. The molecule has 11 nitrogen and oxygen atoms in total. The molecule has 0 aliphatic heterocycles. The number of carbonyl (C=O) groups excluding carboxylic acids is 2. The molecule has 0 unspecified atom stereocenters. The van der Waals surface area contributed by atoms with E-state index in [9.17, 15) is 28.1 Å². The van der Waals surface area contributed by atoms with Gasteiger partial charge in [-0.15, -0.1) is 0 Å². The number of aryl methyl sites for hydroxylation is 1. The van der Waals surface area contributed by atoms with Crippen molar-refractivity contribution < 1.29 is 27.7 Å². The van der Waals surface area contributed by atoms with E-state index < -0.39 is 49.9 Å². The Labute approximate surface area is 266 Å². The Balaban J connectivity index is 2.16. The SMILES string of the molecule is COc1ccc(Cl)cc1N(CC(=O)N(Cc1ccccc1Cl)[C@H](C)C(=O)NCC(C)C)S(=O)(=O)c1ccc(C)c([N+](=O)[O-])c1. The molecule has 1 N–H and O–H groups in total. The second kappa shape index (κ2) is 14.7. The fourth-order valence-corrected chi connectivity index (χ4v) is 6.09. The number of nitrogens with one attached hydrogen (secondary N) is 1. The van der Waals surface area contributed by atoms with E-state index in [-0.39, 0.29) is 34.5 Å². The summed E-state index contributed by atoms with van der Waals surface area (Å²) in [6.07, 6.45) is 0. The van der Waals surface area contributed by atoms with Gasteiger partial charge in [-0.25, -0.2) is 8.42 Å². The normalized spacial score (nSPS) is 12.0. The van der Waals surface area contributed by atoms with E-state index in [1.807, 2.05) is 13.8 Å². The summed E-state index contributed by atoms with van der Waals surface area (Å²) in [6, 6.07) is 13.5. The van der Waals surface area contributed by atoms with Crippen molar-refractivity contribution in [2.24, 2.45) is 5.92 Å². The number of sulfonamides is 1. The van der Waals surface area contributed by atoms with Gasteiger partial charge in [0, 0.05) is 34.8 Å². The Morgan fingerprint density at radius 1 is 1.05 bits per heavy atom. The highest BCUT2D eigenvalue weighted by Gasteiger charge is 2.35. The molecule has 3 aromatic rings. The predicted octanol–water partition coefficient (Wildman–Crippen LogP) is 5.60. The maximum absolute atomic E-state index is 14.2. The van der Waals surface area contributed by atoms with Gasteiger partial charge in [0.25, 0.3) is 15.7 Å². The van der Waals surface area contributed by atoms with E-state index in [1.165, 1.54) is 56.2 Å². The number of carbonyl (C=O) groups is 2. The maximum Gasteiger partial charge on any atom is 0.273 e. The van der Waals surface area contributed by atoms with Crippen LogP contribution >= 0.6 is 23.2 Å². The van der Waals surface area contributed by atoms with Crippen molar-refractivity contribution in [3.05, 3.63) is 92.0 Å². The number of nitrogens with zero attached hydrogens (tertiary/aromatic N) is 3. The number of rotatable bonds is 13. The zero-order chi connectivity index (χ0) is 32.8. The molecule has 3 rings (SSSR count). The molecule has 236 valence electrons. The van der Waals surface area contributed by atoms with Crippen LogP contribution in [0.4, 0.5) is 11.4 Å². The van der Waals surface area contributed by atoms with Gasteiger partial charge in [-0.3, -0.25) is 24.0 Å². The molecule has 0 bridgehead atoms. The van der Waals surface area contributed by atoms with Crippen LogP contribution in [-0.4, -0.2) is 56.3 Å². The minimum absolute atomic E-state index is 0.0766. The van der Waals surface area contributed by atoms with Gasteiger partial charge < -0.3 is 15.0 Å². The number of hydrogen-bond acceptors (Lipinski definition) is 7.